The Hall–Kier alpha value is -3.73. The Morgan fingerprint density at radius 2 is 1.46 bits per heavy atom. The van der Waals surface area contributed by atoms with Crippen molar-refractivity contribution in [3.63, 3.8) is 0 Å². The van der Waals surface area contributed by atoms with Gasteiger partial charge in [-0.05, 0) is 17.0 Å². The van der Waals surface area contributed by atoms with E-state index in [-0.39, 0.29) is 6.42 Å². The molecule has 28 heavy (non-hydrogen) atoms. The Kier molecular flexibility index (Phi) is 4.72. The predicted octanol–water partition coefficient (Wildman–Crippen LogP) is 3.28. The number of hydrogen-bond acceptors (Lipinski definition) is 4. The summed E-state index contributed by atoms with van der Waals surface area (Å²) in [5.74, 6) is -1.28. The highest BCUT2D eigenvalue weighted by atomic mass is 16.5. The lowest BCUT2D eigenvalue weighted by Crippen LogP contribution is -2.48. The number of ether oxygens (including phenoxy) is 1. The molecule has 138 valence electrons. The Bertz CT molecular complexity index is 1060. The first-order valence-electron chi connectivity index (χ1n) is 8.92. The highest BCUT2D eigenvalue weighted by molar-refractivity contribution is 6.15. The fraction of sp³-hybridized carbons (Fsp3) is 0.0870. The minimum atomic E-state index is -1.05. The van der Waals surface area contributed by atoms with Crippen LogP contribution in [0.5, 0.6) is 5.75 Å². The standard InChI is InChI=1S/C23H17NO4/c25-21-13-14-22(26)24(21)19(15-16-7-2-1-3-8-16)23(27)28-20-12-6-10-17-9-4-5-11-18(17)20/h1-14,19H,15H2. The number of carbonyl (C=O) groups is 3. The molecule has 1 unspecified atom stereocenters. The molecule has 2 amide bonds. The van der Waals surface area contributed by atoms with E-state index in [1.807, 2.05) is 60.7 Å². The van der Waals surface area contributed by atoms with Crippen molar-refractivity contribution in [1.29, 1.82) is 0 Å². The molecule has 1 aliphatic rings. The average Bonchev–Trinajstić information content (AvgIpc) is 3.05. The van der Waals surface area contributed by atoms with E-state index in [0.29, 0.717) is 5.75 Å². The van der Waals surface area contributed by atoms with Crippen molar-refractivity contribution in [3.8, 4) is 5.75 Å². The maximum atomic E-state index is 13.0. The van der Waals surface area contributed by atoms with E-state index in [1.165, 1.54) is 12.2 Å². The molecule has 0 fully saturated rings. The molecule has 0 aromatic heterocycles. The highest BCUT2D eigenvalue weighted by Crippen LogP contribution is 2.26. The Balaban J connectivity index is 1.66. The van der Waals surface area contributed by atoms with Crippen LogP contribution in [0.1, 0.15) is 5.56 Å². The van der Waals surface area contributed by atoms with Crippen LogP contribution < -0.4 is 4.74 Å². The first kappa shape index (κ1) is 17.7. The van der Waals surface area contributed by atoms with Crippen molar-refractivity contribution in [2.24, 2.45) is 0 Å². The van der Waals surface area contributed by atoms with Gasteiger partial charge in [-0.1, -0.05) is 66.7 Å². The molecule has 0 bridgehead atoms. The van der Waals surface area contributed by atoms with Gasteiger partial charge < -0.3 is 4.74 Å². The van der Waals surface area contributed by atoms with Crippen molar-refractivity contribution in [1.82, 2.24) is 4.90 Å². The maximum absolute atomic E-state index is 13.0. The zero-order valence-electron chi connectivity index (χ0n) is 14.9. The molecule has 5 heteroatoms. The van der Waals surface area contributed by atoms with Crippen LogP contribution in [0.3, 0.4) is 0 Å². The third kappa shape index (κ3) is 3.42. The summed E-state index contributed by atoms with van der Waals surface area (Å²) in [4.78, 5) is 38.4. The Morgan fingerprint density at radius 1 is 0.821 bits per heavy atom. The van der Waals surface area contributed by atoms with Crippen LogP contribution in [0, 0.1) is 0 Å². The van der Waals surface area contributed by atoms with Gasteiger partial charge in [0.25, 0.3) is 11.8 Å². The molecule has 4 rings (SSSR count). The van der Waals surface area contributed by atoms with E-state index >= 15 is 0 Å². The average molecular weight is 371 g/mol. The van der Waals surface area contributed by atoms with Gasteiger partial charge in [-0.25, -0.2) is 4.79 Å². The number of esters is 1. The molecule has 0 saturated carbocycles. The molecule has 0 N–H and O–H groups in total. The summed E-state index contributed by atoms with van der Waals surface area (Å²) < 4.78 is 5.66. The number of carbonyl (C=O) groups excluding carboxylic acids is 3. The van der Waals surface area contributed by atoms with Gasteiger partial charge in [0.15, 0.2) is 0 Å². The normalized spacial score (nSPS) is 14.5. The quantitative estimate of drug-likeness (QED) is 0.392. The van der Waals surface area contributed by atoms with E-state index in [4.69, 9.17) is 4.74 Å². The van der Waals surface area contributed by atoms with Crippen LogP contribution in [0.15, 0.2) is 84.9 Å². The van der Waals surface area contributed by atoms with Crippen LogP contribution in [-0.2, 0) is 20.8 Å². The van der Waals surface area contributed by atoms with E-state index in [1.54, 1.807) is 12.1 Å². The van der Waals surface area contributed by atoms with Gasteiger partial charge in [0, 0.05) is 24.0 Å². The molecule has 1 aliphatic heterocycles. The first-order chi connectivity index (χ1) is 13.6. The SMILES string of the molecule is O=C(Oc1cccc2ccccc12)C(Cc1ccccc1)N1C(=O)C=CC1=O. The minimum Gasteiger partial charge on any atom is -0.424 e. The lowest BCUT2D eigenvalue weighted by atomic mass is 10.0. The fourth-order valence-electron chi connectivity index (χ4n) is 3.30. The highest BCUT2D eigenvalue weighted by Gasteiger charge is 2.37. The molecule has 1 atom stereocenters. The van der Waals surface area contributed by atoms with E-state index in [2.05, 4.69) is 0 Å². The first-order valence-corrected chi connectivity index (χ1v) is 8.92. The monoisotopic (exact) mass is 371 g/mol. The number of fused-ring (bicyclic) bond motifs is 1. The zero-order chi connectivity index (χ0) is 19.5. The van der Waals surface area contributed by atoms with Crippen LogP contribution >= 0.6 is 0 Å². The third-order valence-electron chi connectivity index (χ3n) is 4.66. The lowest BCUT2D eigenvalue weighted by Gasteiger charge is -2.24. The number of hydrogen-bond donors (Lipinski definition) is 0. The van der Waals surface area contributed by atoms with Crippen LogP contribution in [0.25, 0.3) is 10.8 Å². The Morgan fingerprint density at radius 3 is 2.21 bits per heavy atom. The Labute approximate surface area is 161 Å². The van der Waals surface area contributed by atoms with Crippen LogP contribution in [0.4, 0.5) is 0 Å². The molecule has 0 aliphatic carbocycles. The molecule has 0 radical (unpaired) electrons. The van der Waals surface area contributed by atoms with Crippen molar-refractivity contribution in [2.45, 2.75) is 12.5 Å². The molecular weight excluding hydrogens is 354 g/mol. The fourth-order valence-corrected chi connectivity index (χ4v) is 3.30. The molecule has 1 heterocycles. The molecule has 3 aromatic rings. The summed E-state index contributed by atoms with van der Waals surface area (Å²) >= 11 is 0. The topological polar surface area (TPSA) is 63.7 Å². The maximum Gasteiger partial charge on any atom is 0.335 e. The van der Waals surface area contributed by atoms with Gasteiger partial charge in [0.2, 0.25) is 0 Å². The van der Waals surface area contributed by atoms with Crippen LogP contribution in [0.2, 0.25) is 0 Å². The number of nitrogens with zero attached hydrogens (tertiary/aromatic N) is 1. The summed E-state index contributed by atoms with van der Waals surface area (Å²) in [6.07, 6.45) is 2.53. The van der Waals surface area contributed by atoms with E-state index in [0.717, 1.165) is 21.2 Å². The third-order valence-corrected chi connectivity index (χ3v) is 4.66. The second kappa shape index (κ2) is 7.48. The molecule has 5 nitrogen and oxygen atoms in total. The summed E-state index contributed by atoms with van der Waals surface area (Å²) in [6, 6.07) is 21.1. The summed E-state index contributed by atoms with van der Waals surface area (Å²) in [6.45, 7) is 0. The largest absolute Gasteiger partial charge is 0.424 e. The van der Waals surface area contributed by atoms with Crippen molar-refractivity contribution in [2.75, 3.05) is 0 Å². The van der Waals surface area contributed by atoms with E-state index < -0.39 is 23.8 Å². The van der Waals surface area contributed by atoms with Gasteiger partial charge in [-0.2, -0.15) is 0 Å². The zero-order valence-corrected chi connectivity index (χ0v) is 14.9. The summed E-state index contributed by atoms with van der Waals surface area (Å²) in [7, 11) is 0. The minimum absolute atomic E-state index is 0.184. The molecular formula is C23H17NO4. The second-order valence-electron chi connectivity index (χ2n) is 6.48. The number of rotatable bonds is 5. The smallest absolute Gasteiger partial charge is 0.335 e. The van der Waals surface area contributed by atoms with Gasteiger partial charge in [-0.15, -0.1) is 0 Å². The number of imide groups is 1. The summed E-state index contributed by atoms with van der Waals surface area (Å²) in [5, 5.41) is 1.72. The lowest BCUT2D eigenvalue weighted by molar-refractivity contribution is -0.151. The number of amides is 2. The number of benzene rings is 3. The predicted molar refractivity (Wildman–Crippen MR) is 105 cm³/mol. The van der Waals surface area contributed by atoms with Gasteiger partial charge in [0.05, 0.1) is 0 Å². The van der Waals surface area contributed by atoms with Crippen molar-refractivity contribution < 1.29 is 19.1 Å². The summed E-state index contributed by atoms with van der Waals surface area (Å²) in [5.41, 5.74) is 0.829. The molecule has 3 aromatic carbocycles. The van der Waals surface area contributed by atoms with Crippen LogP contribution in [-0.4, -0.2) is 28.7 Å². The molecule has 0 spiro atoms. The van der Waals surface area contributed by atoms with Gasteiger partial charge in [0.1, 0.15) is 11.8 Å². The van der Waals surface area contributed by atoms with E-state index in [9.17, 15) is 14.4 Å². The van der Waals surface area contributed by atoms with Gasteiger partial charge >= 0.3 is 5.97 Å². The van der Waals surface area contributed by atoms with Gasteiger partial charge in [-0.3, -0.25) is 14.5 Å². The van der Waals surface area contributed by atoms with Crippen molar-refractivity contribution in [3.05, 3.63) is 90.5 Å². The second-order valence-corrected chi connectivity index (χ2v) is 6.48. The molecule has 0 saturated heterocycles. The van der Waals surface area contributed by atoms with Crippen molar-refractivity contribution >= 4 is 28.6 Å².